The highest BCUT2D eigenvalue weighted by Gasteiger charge is 2.07. The summed E-state index contributed by atoms with van der Waals surface area (Å²) in [5, 5.41) is 12.4. The van der Waals surface area contributed by atoms with Crippen LogP contribution < -0.4 is 11.1 Å². The van der Waals surface area contributed by atoms with Crippen molar-refractivity contribution in [2.45, 2.75) is 33.1 Å². The Balaban J connectivity index is 2.55. The molecule has 4 N–H and O–H groups in total. The van der Waals surface area contributed by atoms with Crippen molar-refractivity contribution >= 4 is 11.4 Å². The molecule has 3 nitrogen and oxygen atoms in total. The van der Waals surface area contributed by atoms with E-state index < -0.39 is 0 Å². The predicted molar refractivity (Wildman–Crippen MR) is 74.2 cm³/mol. The summed E-state index contributed by atoms with van der Waals surface area (Å²) in [5.41, 5.74) is 8.86. The third-order valence-electron chi connectivity index (χ3n) is 3.08. The van der Waals surface area contributed by atoms with Crippen molar-refractivity contribution in [2.24, 2.45) is 5.92 Å². The highest BCUT2D eigenvalue weighted by atomic mass is 16.3. The number of aryl methyl sites for hydroxylation is 1. The van der Waals surface area contributed by atoms with Gasteiger partial charge in [-0.05, 0) is 43.4 Å². The topological polar surface area (TPSA) is 58.3 Å². The van der Waals surface area contributed by atoms with E-state index in [1.54, 1.807) is 0 Å². The standard InChI is InChI=1S/C14H24N2O/c1-3-4-12(7-8-17)10-16-14-9-13(15)6-5-11(14)2/h5-6,9,12,16-17H,3-4,7-8,10,15H2,1-2H3. The second-order valence-electron chi connectivity index (χ2n) is 4.62. The maximum Gasteiger partial charge on any atom is 0.0434 e. The molecule has 1 aromatic rings. The molecule has 1 atom stereocenters. The molecular formula is C14H24N2O. The van der Waals surface area contributed by atoms with Gasteiger partial charge in [0.15, 0.2) is 0 Å². The van der Waals surface area contributed by atoms with Crippen molar-refractivity contribution in [3.63, 3.8) is 0 Å². The Labute approximate surface area is 104 Å². The first kappa shape index (κ1) is 13.8. The fourth-order valence-electron chi connectivity index (χ4n) is 2.02. The second-order valence-corrected chi connectivity index (χ2v) is 4.62. The summed E-state index contributed by atoms with van der Waals surface area (Å²) in [6, 6.07) is 5.91. The van der Waals surface area contributed by atoms with Gasteiger partial charge in [0.1, 0.15) is 0 Å². The number of anilines is 2. The smallest absolute Gasteiger partial charge is 0.0434 e. The van der Waals surface area contributed by atoms with Crippen LogP contribution in [-0.2, 0) is 0 Å². The van der Waals surface area contributed by atoms with Crippen LogP contribution in [0.3, 0.4) is 0 Å². The van der Waals surface area contributed by atoms with E-state index in [4.69, 9.17) is 10.8 Å². The van der Waals surface area contributed by atoms with Gasteiger partial charge in [0.2, 0.25) is 0 Å². The van der Waals surface area contributed by atoms with Crippen LogP contribution in [0.15, 0.2) is 18.2 Å². The average molecular weight is 236 g/mol. The molecule has 0 aliphatic heterocycles. The molecule has 0 amide bonds. The van der Waals surface area contributed by atoms with Crippen molar-refractivity contribution in [1.29, 1.82) is 0 Å². The van der Waals surface area contributed by atoms with Crippen LogP contribution in [0.2, 0.25) is 0 Å². The number of rotatable bonds is 7. The van der Waals surface area contributed by atoms with Crippen molar-refractivity contribution in [1.82, 2.24) is 0 Å². The molecule has 17 heavy (non-hydrogen) atoms. The predicted octanol–water partition coefficient (Wildman–Crippen LogP) is 2.79. The van der Waals surface area contributed by atoms with Crippen molar-refractivity contribution < 1.29 is 5.11 Å². The van der Waals surface area contributed by atoms with Gasteiger partial charge in [0.25, 0.3) is 0 Å². The lowest BCUT2D eigenvalue weighted by molar-refractivity contribution is 0.255. The summed E-state index contributed by atoms with van der Waals surface area (Å²) in [6.45, 7) is 5.42. The van der Waals surface area contributed by atoms with Gasteiger partial charge in [-0.25, -0.2) is 0 Å². The lowest BCUT2D eigenvalue weighted by Gasteiger charge is -2.18. The van der Waals surface area contributed by atoms with Crippen LogP contribution >= 0.6 is 0 Å². The molecule has 0 bridgehead atoms. The van der Waals surface area contributed by atoms with Gasteiger partial charge in [-0.1, -0.05) is 19.4 Å². The van der Waals surface area contributed by atoms with E-state index in [0.717, 1.165) is 37.2 Å². The van der Waals surface area contributed by atoms with Gasteiger partial charge in [-0.15, -0.1) is 0 Å². The molecule has 1 rings (SSSR count). The van der Waals surface area contributed by atoms with Gasteiger partial charge in [0.05, 0.1) is 0 Å². The van der Waals surface area contributed by atoms with Crippen LogP contribution in [0.25, 0.3) is 0 Å². The largest absolute Gasteiger partial charge is 0.399 e. The summed E-state index contributed by atoms with van der Waals surface area (Å²) >= 11 is 0. The van der Waals surface area contributed by atoms with Gasteiger partial charge >= 0.3 is 0 Å². The Bertz CT molecular complexity index is 333. The van der Waals surface area contributed by atoms with Crippen LogP contribution in [0, 0.1) is 12.8 Å². The maximum atomic E-state index is 9.01. The molecule has 1 unspecified atom stereocenters. The molecule has 0 radical (unpaired) electrons. The van der Waals surface area contributed by atoms with E-state index in [2.05, 4.69) is 19.2 Å². The maximum absolute atomic E-state index is 9.01. The third kappa shape index (κ3) is 4.65. The van der Waals surface area contributed by atoms with Crippen LogP contribution in [0.5, 0.6) is 0 Å². The van der Waals surface area contributed by atoms with Crippen molar-refractivity contribution in [3.8, 4) is 0 Å². The molecule has 0 aliphatic carbocycles. The molecule has 0 aromatic heterocycles. The SMILES string of the molecule is CCCC(CCO)CNc1cc(N)ccc1C. The Hall–Kier alpha value is -1.22. The Morgan fingerprint density at radius 2 is 2.12 bits per heavy atom. The highest BCUT2D eigenvalue weighted by molar-refractivity contribution is 5.59. The Morgan fingerprint density at radius 3 is 2.76 bits per heavy atom. The average Bonchev–Trinajstić information content (AvgIpc) is 2.30. The number of aliphatic hydroxyl groups is 1. The van der Waals surface area contributed by atoms with Gasteiger partial charge in [-0.3, -0.25) is 0 Å². The number of benzene rings is 1. The number of nitrogen functional groups attached to an aromatic ring is 1. The molecule has 0 aliphatic rings. The summed E-state index contributed by atoms with van der Waals surface area (Å²) in [6.07, 6.45) is 3.17. The lowest BCUT2D eigenvalue weighted by Crippen LogP contribution is -2.16. The van der Waals surface area contributed by atoms with Crippen molar-refractivity contribution in [2.75, 3.05) is 24.2 Å². The van der Waals surface area contributed by atoms with Crippen LogP contribution in [-0.4, -0.2) is 18.3 Å². The zero-order chi connectivity index (χ0) is 12.7. The van der Waals surface area contributed by atoms with E-state index in [-0.39, 0.29) is 6.61 Å². The molecule has 0 heterocycles. The monoisotopic (exact) mass is 236 g/mol. The van der Waals surface area contributed by atoms with E-state index >= 15 is 0 Å². The van der Waals surface area contributed by atoms with Gasteiger partial charge in [-0.2, -0.15) is 0 Å². The molecule has 0 saturated heterocycles. The van der Waals surface area contributed by atoms with E-state index in [9.17, 15) is 0 Å². The second kappa shape index (κ2) is 7.17. The molecular weight excluding hydrogens is 212 g/mol. The summed E-state index contributed by atoms with van der Waals surface area (Å²) in [4.78, 5) is 0. The zero-order valence-electron chi connectivity index (χ0n) is 10.9. The van der Waals surface area contributed by atoms with E-state index in [1.165, 1.54) is 5.56 Å². The number of hydrogen-bond donors (Lipinski definition) is 3. The molecule has 96 valence electrons. The van der Waals surface area contributed by atoms with E-state index in [1.807, 2.05) is 18.2 Å². The zero-order valence-corrected chi connectivity index (χ0v) is 10.9. The third-order valence-corrected chi connectivity index (χ3v) is 3.08. The van der Waals surface area contributed by atoms with E-state index in [0.29, 0.717) is 5.92 Å². The van der Waals surface area contributed by atoms with Crippen molar-refractivity contribution in [3.05, 3.63) is 23.8 Å². The van der Waals surface area contributed by atoms with Crippen LogP contribution in [0.4, 0.5) is 11.4 Å². The Kier molecular flexibility index (Phi) is 5.84. The summed E-state index contributed by atoms with van der Waals surface area (Å²) in [5.74, 6) is 0.533. The fourth-order valence-corrected chi connectivity index (χ4v) is 2.02. The first-order valence-electron chi connectivity index (χ1n) is 6.38. The number of nitrogens with two attached hydrogens (primary N) is 1. The molecule has 0 saturated carbocycles. The van der Waals surface area contributed by atoms with Gasteiger partial charge < -0.3 is 16.2 Å². The first-order chi connectivity index (χ1) is 8.17. The molecule has 3 heteroatoms. The summed E-state index contributed by atoms with van der Waals surface area (Å²) in [7, 11) is 0. The van der Waals surface area contributed by atoms with Gasteiger partial charge in [0, 0.05) is 24.5 Å². The number of nitrogens with one attached hydrogen (secondary N) is 1. The highest BCUT2D eigenvalue weighted by Crippen LogP contribution is 2.20. The quantitative estimate of drug-likeness (QED) is 0.638. The number of hydrogen-bond acceptors (Lipinski definition) is 3. The minimum Gasteiger partial charge on any atom is -0.399 e. The molecule has 0 spiro atoms. The normalized spacial score (nSPS) is 12.4. The first-order valence-corrected chi connectivity index (χ1v) is 6.38. The summed E-state index contributed by atoms with van der Waals surface area (Å²) < 4.78 is 0. The molecule has 1 aromatic carbocycles. The molecule has 0 fully saturated rings. The minimum absolute atomic E-state index is 0.266. The fraction of sp³-hybridized carbons (Fsp3) is 0.571. The lowest BCUT2D eigenvalue weighted by atomic mass is 10.00. The Morgan fingerprint density at radius 1 is 1.35 bits per heavy atom. The number of aliphatic hydroxyl groups excluding tert-OH is 1. The minimum atomic E-state index is 0.266. The van der Waals surface area contributed by atoms with Crippen LogP contribution in [0.1, 0.15) is 31.7 Å².